The summed E-state index contributed by atoms with van der Waals surface area (Å²) in [6.07, 6.45) is 21.7. The quantitative estimate of drug-likeness (QED) is 0.256. The molecule has 12 unspecified atom stereocenters. The molecular formula is C48H78MoO12. The number of carbonyl (C=O) groups excluding carboxylic acids is 6. The maximum atomic E-state index is 10.2. The van der Waals surface area contributed by atoms with Crippen LogP contribution in [0.5, 0.6) is 0 Å². The Hall–Kier alpha value is -2.49. The van der Waals surface area contributed by atoms with Crippen LogP contribution < -0.4 is 30.6 Å². The molecule has 0 radical (unpaired) electrons. The van der Waals surface area contributed by atoms with E-state index < -0.39 is 35.8 Å². The van der Waals surface area contributed by atoms with Crippen molar-refractivity contribution in [2.45, 2.75) is 196 Å². The molecule has 6 rings (SSSR count). The molecule has 0 spiro atoms. The molecule has 0 aromatic carbocycles. The van der Waals surface area contributed by atoms with Gasteiger partial charge in [0.25, 0.3) is 0 Å². The summed E-state index contributed by atoms with van der Waals surface area (Å²) in [4.78, 5) is 60.9. The maximum absolute atomic E-state index is 10.2. The Balaban J connectivity index is 0.000000706. The van der Waals surface area contributed by atoms with Crippen molar-refractivity contribution in [3.8, 4) is 0 Å². The molecule has 6 aliphatic carbocycles. The zero-order valence-corrected chi connectivity index (χ0v) is 40.2. The van der Waals surface area contributed by atoms with E-state index in [4.69, 9.17) is 0 Å². The van der Waals surface area contributed by atoms with Crippen molar-refractivity contribution < 1.29 is 80.5 Å². The predicted molar refractivity (Wildman–Crippen MR) is 217 cm³/mol. The first-order valence-corrected chi connectivity index (χ1v) is 23.3. The number of aliphatic carboxylic acids is 6. The fourth-order valence-electron chi connectivity index (χ4n) is 10.5. The number of carboxylic acids is 6. The van der Waals surface area contributed by atoms with Gasteiger partial charge < -0.3 is 59.4 Å². The van der Waals surface area contributed by atoms with Gasteiger partial charge >= 0.3 is 21.1 Å². The zero-order chi connectivity index (χ0) is 45.4. The van der Waals surface area contributed by atoms with Gasteiger partial charge in [0.05, 0.1) is 0 Å². The largest absolute Gasteiger partial charge is 6.00 e. The molecule has 0 aromatic rings. The molecule has 0 saturated heterocycles. The Bertz CT molecular complexity index is 1040. The monoisotopic (exact) mass is 944 g/mol. The standard InChI is InChI=1S/6C8H14O2.Mo/c6*1-6-2-3-7(4-6)5-8(9)10;/h6*6-7H,2-5H2,1H3,(H,9,10);/q;;;;;;+6/p-6. The average molecular weight is 943 g/mol. The Kier molecular flexibility index (Phi) is 30.9. The van der Waals surface area contributed by atoms with E-state index in [1.54, 1.807) is 0 Å². The normalized spacial score (nSPS) is 32.0. The number of carbonyl (C=O) groups is 6. The van der Waals surface area contributed by atoms with Gasteiger partial charge in [0, 0.05) is 35.8 Å². The van der Waals surface area contributed by atoms with Crippen LogP contribution in [0.25, 0.3) is 0 Å². The molecule has 0 N–H and O–H groups in total. The topological polar surface area (TPSA) is 241 Å². The van der Waals surface area contributed by atoms with E-state index in [1.807, 2.05) is 0 Å². The second kappa shape index (κ2) is 32.2. The van der Waals surface area contributed by atoms with Crippen LogP contribution in [0.4, 0.5) is 0 Å². The Morgan fingerprint density at radius 2 is 0.393 bits per heavy atom. The number of rotatable bonds is 12. The van der Waals surface area contributed by atoms with Crippen molar-refractivity contribution in [1.29, 1.82) is 0 Å². The van der Waals surface area contributed by atoms with Crippen LogP contribution in [-0.4, -0.2) is 35.8 Å². The van der Waals surface area contributed by atoms with Crippen molar-refractivity contribution in [2.75, 3.05) is 0 Å². The van der Waals surface area contributed by atoms with Crippen LogP contribution in [0.2, 0.25) is 0 Å². The van der Waals surface area contributed by atoms with E-state index in [9.17, 15) is 59.4 Å². The van der Waals surface area contributed by atoms with E-state index in [2.05, 4.69) is 41.5 Å². The van der Waals surface area contributed by atoms with Gasteiger partial charge in [-0.2, -0.15) is 0 Å². The van der Waals surface area contributed by atoms with Gasteiger partial charge in [-0.15, -0.1) is 0 Å². The molecule has 0 amide bonds. The molecule has 0 aromatic heterocycles. The number of carboxylic acid groups (broad SMARTS) is 6. The molecule has 61 heavy (non-hydrogen) atoms. The first-order chi connectivity index (χ1) is 28.1. The third-order valence-electron chi connectivity index (χ3n) is 13.6. The maximum Gasteiger partial charge on any atom is 6.00 e. The molecule has 12 atom stereocenters. The minimum absolute atomic E-state index is 0. The summed E-state index contributed by atoms with van der Waals surface area (Å²) in [6.45, 7) is 13.1. The fourth-order valence-corrected chi connectivity index (χ4v) is 10.5. The van der Waals surface area contributed by atoms with Crippen LogP contribution in [-0.2, 0) is 49.8 Å². The van der Waals surface area contributed by atoms with Crippen molar-refractivity contribution in [3.63, 3.8) is 0 Å². The zero-order valence-electron chi connectivity index (χ0n) is 38.2. The average Bonchev–Trinajstić information content (AvgIpc) is 3.99. The van der Waals surface area contributed by atoms with Gasteiger partial charge in [-0.25, -0.2) is 0 Å². The van der Waals surface area contributed by atoms with Crippen LogP contribution >= 0.6 is 0 Å². The number of hydrogen-bond acceptors (Lipinski definition) is 12. The van der Waals surface area contributed by atoms with Gasteiger partial charge in [-0.05, 0) is 187 Å². The van der Waals surface area contributed by atoms with Crippen LogP contribution in [0, 0.1) is 71.0 Å². The second-order valence-electron chi connectivity index (χ2n) is 20.2. The van der Waals surface area contributed by atoms with Gasteiger partial charge in [0.2, 0.25) is 0 Å². The smallest absolute Gasteiger partial charge is 0.550 e. The third-order valence-corrected chi connectivity index (χ3v) is 13.6. The summed E-state index contributed by atoms with van der Waals surface area (Å²) in [7, 11) is 0. The van der Waals surface area contributed by atoms with Gasteiger partial charge in [0.1, 0.15) is 0 Å². The molecule has 13 heteroatoms. The summed E-state index contributed by atoms with van der Waals surface area (Å²) >= 11 is 0. The van der Waals surface area contributed by atoms with Crippen molar-refractivity contribution in [1.82, 2.24) is 0 Å². The Morgan fingerprint density at radius 3 is 0.459 bits per heavy atom. The summed E-state index contributed by atoms with van der Waals surface area (Å²) in [5.74, 6) is 1.44. The molecule has 6 aliphatic rings. The molecule has 348 valence electrons. The molecule has 12 nitrogen and oxygen atoms in total. The van der Waals surface area contributed by atoms with Crippen LogP contribution in [0.3, 0.4) is 0 Å². The molecule has 0 bridgehead atoms. The predicted octanol–water partition coefficient (Wildman–Crippen LogP) is 3.37. The summed E-state index contributed by atoms with van der Waals surface area (Å²) < 4.78 is 0. The Labute approximate surface area is 381 Å². The van der Waals surface area contributed by atoms with Crippen molar-refractivity contribution in [2.24, 2.45) is 71.0 Å². The SMILES string of the molecule is CC1CCC(CC(=O)[O-])C1.CC1CCC(CC(=O)[O-])C1.CC1CCC(CC(=O)[O-])C1.CC1CCC(CC(=O)[O-])C1.CC1CCC(CC(=O)[O-])C1.CC1CCC(CC(=O)[O-])C1.[Mo+6]. The molecular weight excluding hydrogens is 864 g/mol. The molecule has 6 fully saturated rings. The second-order valence-corrected chi connectivity index (χ2v) is 20.2. The van der Waals surface area contributed by atoms with E-state index >= 15 is 0 Å². The number of hydrogen-bond donors (Lipinski definition) is 0. The summed E-state index contributed by atoms with van der Waals surface area (Å²) in [5.41, 5.74) is 0. The fraction of sp³-hybridized carbons (Fsp3) is 0.875. The summed E-state index contributed by atoms with van der Waals surface area (Å²) in [6, 6.07) is 0. The van der Waals surface area contributed by atoms with E-state index in [-0.39, 0.29) is 59.6 Å². The van der Waals surface area contributed by atoms with Crippen molar-refractivity contribution >= 4 is 35.8 Å². The van der Waals surface area contributed by atoms with Gasteiger partial charge in [-0.1, -0.05) is 80.1 Å². The molecule has 0 aliphatic heterocycles. The molecule has 0 heterocycles. The first-order valence-electron chi connectivity index (χ1n) is 23.3. The van der Waals surface area contributed by atoms with Crippen LogP contribution in [0.1, 0.15) is 196 Å². The molecule has 6 saturated carbocycles. The van der Waals surface area contributed by atoms with E-state index in [1.165, 1.54) is 38.5 Å². The summed E-state index contributed by atoms with van der Waals surface area (Å²) in [5, 5.41) is 60.9. The third kappa shape index (κ3) is 31.1. The minimum Gasteiger partial charge on any atom is -0.550 e. The first kappa shape index (κ1) is 58.5. The Morgan fingerprint density at radius 1 is 0.279 bits per heavy atom. The van der Waals surface area contributed by atoms with E-state index in [0.29, 0.717) is 35.5 Å². The van der Waals surface area contributed by atoms with Gasteiger partial charge in [0.15, 0.2) is 0 Å². The van der Waals surface area contributed by atoms with Crippen molar-refractivity contribution in [3.05, 3.63) is 0 Å². The van der Waals surface area contributed by atoms with Crippen LogP contribution in [0.15, 0.2) is 0 Å². The van der Waals surface area contributed by atoms with Gasteiger partial charge in [-0.3, -0.25) is 0 Å². The van der Waals surface area contributed by atoms with E-state index in [0.717, 1.165) is 113 Å². The minimum atomic E-state index is -0.890.